The molecule has 0 aliphatic carbocycles. The quantitative estimate of drug-likeness (QED) is 0.687. The molecule has 15 heavy (non-hydrogen) atoms. The van der Waals surface area contributed by atoms with E-state index in [4.69, 9.17) is 11.5 Å². The van der Waals surface area contributed by atoms with Gasteiger partial charge >= 0.3 is 0 Å². The van der Waals surface area contributed by atoms with Gasteiger partial charge in [-0.25, -0.2) is 4.98 Å². The van der Waals surface area contributed by atoms with Crippen LogP contribution >= 0.6 is 0 Å². The lowest BCUT2D eigenvalue weighted by Gasteiger charge is -2.12. The first-order chi connectivity index (χ1) is 7.04. The minimum atomic E-state index is -0.540. The Morgan fingerprint density at radius 3 is 2.87 bits per heavy atom. The lowest BCUT2D eigenvalue weighted by atomic mass is 10.2. The highest BCUT2D eigenvalue weighted by Gasteiger charge is 2.08. The summed E-state index contributed by atoms with van der Waals surface area (Å²) >= 11 is 0. The number of nitrogens with zero attached hydrogens (tertiary/aromatic N) is 1. The van der Waals surface area contributed by atoms with Crippen LogP contribution in [0.1, 0.15) is 30.6 Å². The van der Waals surface area contributed by atoms with E-state index in [1.165, 1.54) is 6.20 Å². The molecule has 1 amide bonds. The van der Waals surface area contributed by atoms with Crippen LogP contribution in [0, 0.1) is 0 Å². The Morgan fingerprint density at radius 1 is 1.67 bits per heavy atom. The lowest BCUT2D eigenvalue weighted by molar-refractivity contribution is 0.100. The molecule has 0 radical (unpaired) electrons. The fraction of sp³-hybridized carbons (Fsp3) is 0.400. The van der Waals surface area contributed by atoms with Crippen LogP contribution in [0.3, 0.4) is 0 Å². The molecule has 82 valence electrons. The number of carbonyl (C=O) groups is 1. The van der Waals surface area contributed by atoms with Crippen LogP contribution in [-0.4, -0.2) is 16.9 Å². The number of pyridine rings is 1. The maximum absolute atomic E-state index is 11.0. The number of amides is 1. The molecule has 0 spiro atoms. The van der Waals surface area contributed by atoms with E-state index in [2.05, 4.69) is 17.2 Å². The highest BCUT2D eigenvalue weighted by Crippen LogP contribution is 2.15. The monoisotopic (exact) mass is 208 g/mol. The van der Waals surface area contributed by atoms with Gasteiger partial charge in [0.1, 0.15) is 5.82 Å². The van der Waals surface area contributed by atoms with E-state index in [0.717, 1.165) is 6.42 Å². The summed E-state index contributed by atoms with van der Waals surface area (Å²) in [4.78, 5) is 15.1. The zero-order chi connectivity index (χ0) is 11.4. The Labute approximate surface area is 88.9 Å². The summed E-state index contributed by atoms with van der Waals surface area (Å²) in [5, 5.41) is 3.14. The molecule has 1 aromatic rings. The average Bonchev–Trinajstić information content (AvgIpc) is 2.20. The molecule has 0 aliphatic rings. The number of hydrogen-bond donors (Lipinski definition) is 3. The van der Waals surface area contributed by atoms with Crippen molar-refractivity contribution in [3.63, 3.8) is 0 Å². The molecule has 0 aliphatic heterocycles. The van der Waals surface area contributed by atoms with Crippen molar-refractivity contribution in [2.24, 2.45) is 5.73 Å². The predicted octanol–water partition coefficient (Wildman–Crippen LogP) is 0.973. The Morgan fingerprint density at radius 2 is 2.33 bits per heavy atom. The van der Waals surface area contributed by atoms with Gasteiger partial charge in [-0.05, 0) is 19.4 Å². The number of anilines is 2. The summed E-state index contributed by atoms with van der Waals surface area (Å²) in [6, 6.07) is 1.87. The van der Waals surface area contributed by atoms with Gasteiger partial charge in [0.15, 0.2) is 0 Å². The fourth-order valence-corrected chi connectivity index (χ4v) is 1.11. The van der Waals surface area contributed by atoms with E-state index in [-0.39, 0.29) is 0 Å². The van der Waals surface area contributed by atoms with Gasteiger partial charge in [0, 0.05) is 6.04 Å². The zero-order valence-electron chi connectivity index (χ0n) is 8.95. The first-order valence-electron chi connectivity index (χ1n) is 4.86. The summed E-state index contributed by atoms with van der Waals surface area (Å²) in [5.41, 5.74) is 11.3. The third kappa shape index (κ3) is 2.83. The van der Waals surface area contributed by atoms with E-state index in [0.29, 0.717) is 23.1 Å². The number of nitrogens with one attached hydrogen (secondary N) is 1. The second-order valence-electron chi connectivity index (χ2n) is 3.47. The summed E-state index contributed by atoms with van der Waals surface area (Å²) in [6.07, 6.45) is 2.41. The SMILES string of the molecule is CCC(C)Nc1cc(C(N)=O)c(N)cn1. The normalized spacial score (nSPS) is 12.1. The molecule has 1 unspecified atom stereocenters. The van der Waals surface area contributed by atoms with Crippen molar-refractivity contribution in [3.05, 3.63) is 17.8 Å². The minimum Gasteiger partial charge on any atom is -0.397 e. The molecule has 5 heteroatoms. The predicted molar refractivity (Wildman–Crippen MR) is 60.5 cm³/mol. The van der Waals surface area contributed by atoms with E-state index < -0.39 is 5.91 Å². The Balaban J connectivity index is 2.92. The largest absolute Gasteiger partial charge is 0.397 e. The minimum absolute atomic E-state index is 0.293. The van der Waals surface area contributed by atoms with Gasteiger partial charge in [0.25, 0.3) is 5.91 Å². The molecular formula is C10H16N4O. The summed E-state index contributed by atoms with van der Waals surface area (Å²) < 4.78 is 0. The van der Waals surface area contributed by atoms with Crippen LogP contribution in [-0.2, 0) is 0 Å². The molecular weight excluding hydrogens is 192 g/mol. The van der Waals surface area contributed by atoms with Crippen LogP contribution in [0.15, 0.2) is 12.3 Å². The molecule has 1 atom stereocenters. The number of aromatic nitrogens is 1. The standard InChI is InChI=1S/C10H16N4O/c1-3-6(2)14-9-4-7(10(12)15)8(11)5-13-9/h4-6H,3,11H2,1-2H3,(H2,12,15)(H,13,14). The van der Waals surface area contributed by atoms with Gasteiger partial charge in [-0.3, -0.25) is 4.79 Å². The van der Waals surface area contributed by atoms with E-state index in [1.54, 1.807) is 6.07 Å². The third-order valence-corrected chi connectivity index (χ3v) is 2.21. The highest BCUT2D eigenvalue weighted by atomic mass is 16.1. The molecule has 0 aromatic carbocycles. The van der Waals surface area contributed by atoms with Crippen LogP contribution in [0.4, 0.5) is 11.5 Å². The summed E-state index contributed by atoms with van der Waals surface area (Å²) in [5.74, 6) is 0.0782. The zero-order valence-corrected chi connectivity index (χ0v) is 8.95. The van der Waals surface area contributed by atoms with E-state index >= 15 is 0 Å². The smallest absolute Gasteiger partial charge is 0.250 e. The maximum Gasteiger partial charge on any atom is 0.250 e. The van der Waals surface area contributed by atoms with E-state index in [9.17, 15) is 4.79 Å². The van der Waals surface area contributed by atoms with Crippen LogP contribution in [0.2, 0.25) is 0 Å². The second kappa shape index (κ2) is 4.63. The molecule has 0 fully saturated rings. The Bertz CT molecular complexity index is 364. The average molecular weight is 208 g/mol. The fourth-order valence-electron chi connectivity index (χ4n) is 1.11. The number of nitrogens with two attached hydrogens (primary N) is 2. The van der Waals surface area contributed by atoms with Gasteiger partial charge in [-0.2, -0.15) is 0 Å². The van der Waals surface area contributed by atoms with Crippen molar-refractivity contribution in [2.75, 3.05) is 11.1 Å². The first kappa shape index (κ1) is 11.3. The second-order valence-corrected chi connectivity index (χ2v) is 3.47. The molecule has 5 N–H and O–H groups in total. The van der Waals surface area contributed by atoms with Gasteiger partial charge in [0.2, 0.25) is 0 Å². The Hall–Kier alpha value is -1.78. The van der Waals surface area contributed by atoms with Gasteiger partial charge in [-0.15, -0.1) is 0 Å². The van der Waals surface area contributed by atoms with Gasteiger partial charge in [-0.1, -0.05) is 6.92 Å². The molecule has 1 aromatic heterocycles. The molecule has 1 heterocycles. The van der Waals surface area contributed by atoms with Crippen molar-refractivity contribution in [2.45, 2.75) is 26.3 Å². The summed E-state index contributed by atoms with van der Waals surface area (Å²) in [7, 11) is 0. The number of rotatable bonds is 4. The van der Waals surface area contributed by atoms with E-state index in [1.807, 2.05) is 6.92 Å². The molecule has 0 saturated carbocycles. The van der Waals surface area contributed by atoms with Crippen molar-refractivity contribution >= 4 is 17.4 Å². The first-order valence-corrected chi connectivity index (χ1v) is 4.86. The van der Waals surface area contributed by atoms with Crippen LogP contribution < -0.4 is 16.8 Å². The highest BCUT2D eigenvalue weighted by molar-refractivity contribution is 5.98. The van der Waals surface area contributed by atoms with Crippen LogP contribution in [0.25, 0.3) is 0 Å². The van der Waals surface area contributed by atoms with Gasteiger partial charge < -0.3 is 16.8 Å². The molecule has 5 nitrogen and oxygen atoms in total. The number of primary amides is 1. The third-order valence-electron chi connectivity index (χ3n) is 2.21. The summed E-state index contributed by atoms with van der Waals surface area (Å²) in [6.45, 7) is 4.09. The molecule has 0 saturated heterocycles. The van der Waals surface area contributed by atoms with Crippen molar-refractivity contribution in [1.82, 2.24) is 4.98 Å². The van der Waals surface area contributed by atoms with Crippen LogP contribution in [0.5, 0.6) is 0 Å². The maximum atomic E-state index is 11.0. The molecule has 0 bridgehead atoms. The van der Waals surface area contributed by atoms with Crippen molar-refractivity contribution in [3.8, 4) is 0 Å². The van der Waals surface area contributed by atoms with Crippen molar-refractivity contribution in [1.29, 1.82) is 0 Å². The topological polar surface area (TPSA) is 94.0 Å². The lowest BCUT2D eigenvalue weighted by Crippen LogP contribution is -2.17. The number of carbonyl (C=O) groups excluding carboxylic acids is 1. The number of hydrogen-bond acceptors (Lipinski definition) is 4. The van der Waals surface area contributed by atoms with Gasteiger partial charge in [0.05, 0.1) is 17.4 Å². The Kier molecular flexibility index (Phi) is 3.49. The number of nitrogen functional groups attached to an aromatic ring is 1. The van der Waals surface area contributed by atoms with Crippen molar-refractivity contribution < 1.29 is 4.79 Å². The molecule has 1 rings (SSSR count).